The van der Waals surface area contributed by atoms with E-state index in [0.717, 1.165) is 70.6 Å². The van der Waals surface area contributed by atoms with E-state index in [9.17, 15) is 32.4 Å². The molecule has 0 unspecified atom stereocenters. The number of urea groups is 1. The van der Waals surface area contributed by atoms with Crippen molar-refractivity contribution in [1.29, 1.82) is 0 Å². The summed E-state index contributed by atoms with van der Waals surface area (Å²) in [4.78, 5) is 70.3. The highest BCUT2D eigenvalue weighted by Crippen LogP contribution is 2.65. The molecule has 0 spiro atoms. The van der Waals surface area contributed by atoms with Crippen molar-refractivity contribution in [2.75, 3.05) is 19.3 Å². The number of likely N-dealkylation sites (N-methyl/N-ethyl adjacent to an activating group) is 1. The molecular weight excluding hydrogens is 671 g/mol. The number of hydrogen-bond acceptors (Lipinski definition) is 7. The third-order valence-corrected chi connectivity index (χ3v) is 16.0. The van der Waals surface area contributed by atoms with Gasteiger partial charge in [-0.25, -0.2) is 13.2 Å². The summed E-state index contributed by atoms with van der Waals surface area (Å²) in [5, 5.41) is 11.4. The molecular formula is C38H63N5O7S. The molecule has 1 heterocycles. The molecule has 1 saturated heterocycles. The van der Waals surface area contributed by atoms with Crippen LogP contribution in [-0.2, 0) is 29.0 Å². The molecule has 0 aromatic carbocycles. The normalized spacial score (nSPS) is 27.7. The lowest BCUT2D eigenvalue weighted by Crippen LogP contribution is -2.65. The van der Waals surface area contributed by atoms with Crippen LogP contribution in [0.15, 0.2) is 0 Å². The van der Waals surface area contributed by atoms with Crippen molar-refractivity contribution >= 4 is 39.4 Å². The number of rotatable bonds is 13. The summed E-state index contributed by atoms with van der Waals surface area (Å²) in [6, 6.07) is -3.33. The summed E-state index contributed by atoms with van der Waals surface area (Å²) in [6.45, 7) is 11.6. The highest BCUT2D eigenvalue weighted by atomic mass is 32.2. The largest absolute Gasteiger partial charge is 0.353 e. The number of likely N-dealkylation sites (tertiary alicyclic amines) is 1. The fraction of sp³-hybridized carbons (Fsp3) is 0.868. The summed E-state index contributed by atoms with van der Waals surface area (Å²) >= 11 is 0. The second-order valence-electron chi connectivity index (χ2n) is 18.4. The molecule has 51 heavy (non-hydrogen) atoms. The molecule has 12 nitrogen and oxygen atoms in total. The Labute approximate surface area is 305 Å². The van der Waals surface area contributed by atoms with Crippen molar-refractivity contribution in [3.05, 3.63) is 0 Å². The number of amides is 5. The Balaban J connectivity index is 1.40. The standard InChI is InChI=1S/C38H63N5O7S/c1-35(2,3)51(49,50)23-38(20-12-9-13-21-38)42-34(48)41-30(37(6)18-10-8-11-19-37)33(47)43-22-25-27(36(25,4)5)28(43)31(45)40-26(17-16-24-14-15-24)29(44)32(46)39-7/h24-28,30H,8-23H2,1-7H3,(H,39,46)(H,40,45)(H2,41,42,48)/t25-,26-,27-,28-,30+/m0/s1. The number of carbonyl (C=O) groups excluding carboxylic acids is 5. The van der Waals surface area contributed by atoms with Crippen LogP contribution in [0.25, 0.3) is 0 Å². The lowest BCUT2D eigenvalue weighted by Gasteiger charge is -2.44. The average Bonchev–Trinajstić information content (AvgIpc) is 3.92. The lowest BCUT2D eigenvalue weighted by molar-refractivity contribution is -0.146. The van der Waals surface area contributed by atoms with Crippen LogP contribution in [0, 0.1) is 28.6 Å². The number of carbonyl (C=O) groups is 5. The first-order chi connectivity index (χ1) is 23.8. The van der Waals surface area contributed by atoms with Crippen molar-refractivity contribution < 1.29 is 32.4 Å². The van der Waals surface area contributed by atoms with E-state index in [4.69, 9.17) is 0 Å². The van der Waals surface area contributed by atoms with Gasteiger partial charge < -0.3 is 26.2 Å². The van der Waals surface area contributed by atoms with Gasteiger partial charge in [-0.05, 0) is 87.9 Å². The molecule has 288 valence electrons. The number of piperidine rings is 1. The van der Waals surface area contributed by atoms with E-state index in [2.05, 4.69) is 35.1 Å². The minimum absolute atomic E-state index is 0.0820. The second-order valence-corrected chi connectivity index (χ2v) is 21.1. The van der Waals surface area contributed by atoms with E-state index in [-0.39, 0.29) is 28.9 Å². The molecule has 0 radical (unpaired) electrons. The van der Waals surface area contributed by atoms with Gasteiger partial charge in [-0.15, -0.1) is 0 Å². The smallest absolute Gasteiger partial charge is 0.315 e. The van der Waals surface area contributed by atoms with Crippen LogP contribution in [0.1, 0.15) is 131 Å². The number of ketones is 1. The zero-order valence-electron chi connectivity index (χ0n) is 32.0. The highest BCUT2D eigenvalue weighted by molar-refractivity contribution is 7.92. The van der Waals surface area contributed by atoms with Gasteiger partial charge in [0.15, 0.2) is 9.84 Å². The number of Topliss-reactive ketones (excluding diaryl/α,β-unsaturated/α-hetero) is 1. The fourth-order valence-electron chi connectivity index (χ4n) is 9.30. The molecule has 5 atom stereocenters. The zero-order valence-corrected chi connectivity index (χ0v) is 32.8. The maximum Gasteiger partial charge on any atom is 0.315 e. The summed E-state index contributed by atoms with van der Waals surface area (Å²) in [5.41, 5.74) is -1.70. The highest BCUT2D eigenvalue weighted by Gasteiger charge is 2.70. The van der Waals surface area contributed by atoms with Gasteiger partial charge in [-0.3, -0.25) is 19.2 Å². The summed E-state index contributed by atoms with van der Waals surface area (Å²) < 4.78 is 25.9. The van der Waals surface area contributed by atoms with Crippen LogP contribution in [0.5, 0.6) is 0 Å². The molecule has 1 aliphatic heterocycles. The van der Waals surface area contributed by atoms with Crippen molar-refractivity contribution in [2.24, 2.45) is 28.6 Å². The fourth-order valence-corrected chi connectivity index (χ4v) is 10.8. The van der Waals surface area contributed by atoms with Gasteiger partial charge in [0.1, 0.15) is 12.1 Å². The summed E-state index contributed by atoms with van der Waals surface area (Å²) in [6.07, 6.45) is 11.2. The Kier molecular flexibility index (Phi) is 11.3. The first kappa shape index (κ1) is 39.5. The molecule has 0 bridgehead atoms. The Morgan fingerprint density at radius 2 is 1.45 bits per heavy atom. The second kappa shape index (κ2) is 14.6. The van der Waals surface area contributed by atoms with Crippen molar-refractivity contribution in [3.8, 4) is 0 Å². The third-order valence-electron chi connectivity index (χ3n) is 13.2. The van der Waals surface area contributed by atoms with Crippen LogP contribution in [-0.4, -0.2) is 90.6 Å². The average molecular weight is 734 g/mol. The molecule has 4 saturated carbocycles. The van der Waals surface area contributed by atoms with Gasteiger partial charge in [0, 0.05) is 13.6 Å². The number of fused-ring (bicyclic) bond motifs is 1. The predicted molar refractivity (Wildman–Crippen MR) is 195 cm³/mol. The maximum absolute atomic E-state index is 14.9. The molecule has 13 heteroatoms. The van der Waals surface area contributed by atoms with Gasteiger partial charge in [0.25, 0.3) is 5.91 Å². The van der Waals surface area contributed by atoms with Gasteiger partial charge in [-0.1, -0.05) is 72.1 Å². The van der Waals surface area contributed by atoms with E-state index in [1.807, 2.05) is 6.92 Å². The van der Waals surface area contributed by atoms with Crippen LogP contribution in [0.4, 0.5) is 4.79 Å². The zero-order chi connectivity index (χ0) is 37.6. The van der Waals surface area contributed by atoms with Gasteiger partial charge >= 0.3 is 6.03 Å². The maximum atomic E-state index is 14.9. The van der Waals surface area contributed by atoms with Crippen LogP contribution >= 0.6 is 0 Å². The molecule has 5 fully saturated rings. The Hall–Kier alpha value is -2.70. The number of nitrogens with zero attached hydrogens (tertiary/aromatic N) is 1. The predicted octanol–water partition coefficient (Wildman–Crippen LogP) is 4.01. The van der Waals surface area contributed by atoms with Crippen LogP contribution < -0.4 is 21.3 Å². The third kappa shape index (κ3) is 8.43. The Morgan fingerprint density at radius 1 is 0.863 bits per heavy atom. The minimum Gasteiger partial charge on any atom is -0.353 e. The molecule has 4 aliphatic carbocycles. The quantitative estimate of drug-likeness (QED) is 0.207. The van der Waals surface area contributed by atoms with E-state index < -0.39 is 67.3 Å². The first-order valence-electron chi connectivity index (χ1n) is 19.4. The monoisotopic (exact) mass is 733 g/mol. The van der Waals surface area contributed by atoms with Gasteiger partial charge in [0.2, 0.25) is 17.6 Å². The van der Waals surface area contributed by atoms with E-state index >= 15 is 0 Å². The molecule has 5 rings (SSSR count). The molecule has 0 aromatic rings. The summed E-state index contributed by atoms with van der Waals surface area (Å²) in [7, 11) is -2.17. The topological polar surface area (TPSA) is 171 Å². The SMILES string of the molecule is CNC(=O)C(=O)[C@H](CCC1CC1)NC(=O)[C@@H]1[C@@H]2[C@H](CN1C(=O)[C@@H](NC(=O)NC1(CS(=O)(=O)C(C)(C)C)CCCCC1)C1(C)CCCCC1)C2(C)C. The number of sulfone groups is 1. The number of nitrogens with one attached hydrogen (secondary N) is 4. The van der Waals surface area contributed by atoms with E-state index in [1.54, 1.807) is 25.7 Å². The van der Waals surface area contributed by atoms with Crippen molar-refractivity contribution in [3.63, 3.8) is 0 Å². The van der Waals surface area contributed by atoms with E-state index in [1.165, 1.54) is 7.05 Å². The Bertz CT molecular complexity index is 1470. The number of hydrogen-bond donors (Lipinski definition) is 4. The van der Waals surface area contributed by atoms with Crippen molar-refractivity contribution in [2.45, 2.75) is 160 Å². The molecule has 4 N–H and O–H groups in total. The van der Waals surface area contributed by atoms with Gasteiger partial charge in [-0.2, -0.15) is 0 Å². The van der Waals surface area contributed by atoms with Gasteiger partial charge in [0.05, 0.1) is 22.1 Å². The Morgan fingerprint density at radius 3 is 2.00 bits per heavy atom. The molecule has 5 amide bonds. The molecule has 5 aliphatic rings. The summed E-state index contributed by atoms with van der Waals surface area (Å²) in [5.74, 6) is -1.93. The van der Waals surface area contributed by atoms with Crippen molar-refractivity contribution in [1.82, 2.24) is 26.2 Å². The molecule has 0 aromatic heterocycles. The van der Waals surface area contributed by atoms with E-state index in [0.29, 0.717) is 31.7 Å². The first-order valence-corrected chi connectivity index (χ1v) is 21.1. The lowest BCUT2D eigenvalue weighted by atomic mass is 9.70. The van der Waals surface area contributed by atoms with Crippen LogP contribution in [0.2, 0.25) is 0 Å². The minimum atomic E-state index is -3.56. The van der Waals surface area contributed by atoms with Crippen LogP contribution in [0.3, 0.4) is 0 Å².